The van der Waals surface area contributed by atoms with Crippen molar-refractivity contribution in [1.82, 2.24) is 4.90 Å². The molecule has 1 aromatic rings. The minimum Gasteiger partial charge on any atom is -0.378 e. The van der Waals surface area contributed by atoms with E-state index in [9.17, 15) is 4.79 Å². The molecule has 102 valence electrons. The molecule has 0 atom stereocenters. The van der Waals surface area contributed by atoms with Gasteiger partial charge in [0, 0.05) is 51.2 Å². The maximum Gasteiger partial charge on any atom is 0.188 e. The summed E-state index contributed by atoms with van der Waals surface area (Å²) >= 11 is 0. The van der Waals surface area contributed by atoms with Gasteiger partial charge < -0.3 is 9.80 Å². The summed E-state index contributed by atoms with van der Waals surface area (Å²) < 4.78 is 0. The first-order valence-electron chi connectivity index (χ1n) is 6.66. The van der Waals surface area contributed by atoms with Crippen molar-refractivity contribution >= 4 is 23.1 Å². The van der Waals surface area contributed by atoms with E-state index >= 15 is 0 Å². The number of hydrogen-bond donors (Lipinski definition) is 0. The van der Waals surface area contributed by atoms with E-state index in [0.717, 1.165) is 33.7 Å². The third-order valence-corrected chi connectivity index (χ3v) is 3.79. The van der Waals surface area contributed by atoms with Gasteiger partial charge in [-0.1, -0.05) is 6.07 Å². The SMILES string of the molecule is CN(C)C1=CC(=O)C2=Cc3ccc(N(C)C)cc3C2=C1. The number of carbonyl (C=O) groups is 1. The first kappa shape index (κ1) is 12.7. The highest BCUT2D eigenvalue weighted by molar-refractivity contribution is 6.24. The zero-order valence-corrected chi connectivity index (χ0v) is 12.3. The van der Waals surface area contributed by atoms with E-state index in [1.165, 1.54) is 0 Å². The number of rotatable bonds is 2. The van der Waals surface area contributed by atoms with Crippen LogP contribution in [-0.2, 0) is 4.79 Å². The fourth-order valence-corrected chi connectivity index (χ4v) is 2.58. The number of benzene rings is 1. The molecule has 0 amide bonds. The van der Waals surface area contributed by atoms with Gasteiger partial charge in [-0.25, -0.2) is 0 Å². The van der Waals surface area contributed by atoms with Gasteiger partial charge in [-0.2, -0.15) is 0 Å². The molecule has 0 fully saturated rings. The molecular weight excluding hydrogens is 248 g/mol. The number of fused-ring (bicyclic) bond motifs is 3. The number of nitrogens with zero attached hydrogens (tertiary/aromatic N) is 2. The summed E-state index contributed by atoms with van der Waals surface area (Å²) in [5, 5.41) is 0. The third-order valence-electron chi connectivity index (χ3n) is 3.79. The second-order valence-corrected chi connectivity index (χ2v) is 5.61. The Hall–Kier alpha value is -2.29. The fraction of sp³-hybridized carbons (Fsp3) is 0.235. The molecule has 0 saturated heterocycles. The smallest absolute Gasteiger partial charge is 0.188 e. The molecule has 0 N–H and O–H groups in total. The quantitative estimate of drug-likeness (QED) is 0.822. The van der Waals surface area contributed by atoms with Crippen molar-refractivity contribution in [2.24, 2.45) is 0 Å². The topological polar surface area (TPSA) is 23.6 Å². The van der Waals surface area contributed by atoms with Crippen molar-refractivity contribution in [2.75, 3.05) is 33.1 Å². The Balaban J connectivity index is 2.14. The summed E-state index contributed by atoms with van der Waals surface area (Å²) in [7, 11) is 7.96. The molecule has 2 aliphatic carbocycles. The van der Waals surface area contributed by atoms with E-state index in [0.29, 0.717) is 0 Å². The highest BCUT2D eigenvalue weighted by Crippen LogP contribution is 2.40. The van der Waals surface area contributed by atoms with Crippen molar-refractivity contribution in [3.63, 3.8) is 0 Å². The highest BCUT2D eigenvalue weighted by atomic mass is 16.1. The van der Waals surface area contributed by atoms with Gasteiger partial charge >= 0.3 is 0 Å². The fourth-order valence-electron chi connectivity index (χ4n) is 2.58. The Kier molecular flexibility index (Phi) is 2.78. The van der Waals surface area contributed by atoms with E-state index in [2.05, 4.69) is 29.2 Å². The molecule has 3 heteroatoms. The Morgan fingerprint density at radius 1 is 0.850 bits per heavy atom. The normalized spacial score (nSPS) is 16.0. The average Bonchev–Trinajstić information content (AvgIpc) is 2.77. The zero-order valence-electron chi connectivity index (χ0n) is 12.3. The van der Waals surface area contributed by atoms with Crippen LogP contribution in [0.4, 0.5) is 5.69 Å². The van der Waals surface area contributed by atoms with Crippen LogP contribution in [0.1, 0.15) is 11.1 Å². The van der Waals surface area contributed by atoms with Crippen molar-refractivity contribution < 1.29 is 4.79 Å². The molecule has 3 rings (SSSR count). The van der Waals surface area contributed by atoms with Crippen LogP contribution in [0.3, 0.4) is 0 Å². The van der Waals surface area contributed by atoms with Gasteiger partial charge in [0.2, 0.25) is 0 Å². The molecule has 0 bridgehead atoms. The second-order valence-electron chi connectivity index (χ2n) is 5.61. The molecule has 0 aromatic heterocycles. The van der Waals surface area contributed by atoms with Gasteiger partial charge in [0.05, 0.1) is 0 Å². The monoisotopic (exact) mass is 266 g/mol. The minimum absolute atomic E-state index is 0.0915. The Morgan fingerprint density at radius 3 is 2.25 bits per heavy atom. The predicted molar refractivity (Wildman–Crippen MR) is 83.5 cm³/mol. The van der Waals surface area contributed by atoms with E-state index in [1.54, 1.807) is 6.08 Å². The van der Waals surface area contributed by atoms with E-state index in [1.807, 2.05) is 39.2 Å². The van der Waals surface area contributed by atoms with Crippen molar-refractivity contribution in [2.45, 2.75) is 0 Å². The Bertz CT molecular complexity index is 691. The number of hydrogen-bond acceptors (Lipinski definition) is 3. The molecule has 0 radical (unpaired) electrons. The molecule has 0 heterocycles. The molecule has 20 heavy (non-hydrogen) atoms. The molecule has 0 aliphatic heterocycles. The minimum atomic E-state index is 0.0915. The number of anilines is 1. The molecule has 0 spiro atoms. The average molecular weight is 266 g/mol. The number of ketones is 1. The first-order valence-corrected chi connectivity index (χ1v) is 6.66. The van der Waals surface area contributed by atoms with Crippen LogP contribution >= 0.6 is 0 Å². The summed E-state index contributed by atoms with van der Waals surface area (Å²) in [6.45, 7) is 0. The summed E-state index contributed by atoms with van der Waals surface area (Å²) in [5.41, 5.74) is 6.21. The van der Waals surface area contributed by atoms with Crippen LogP contribution in [0.2, 0.25) is 0 Å². The van der Waals surface area contributed by atoms with Crippen LogP contribution in [0.25, 0.3) is 11.6 Å². The molecule has 0 saturated carbocycles. The van der Waals surface area contributed by atoms with Gasteiger partial charge in [0.15, 0.2) is 5.78 Å². The molecule has 1 aromatic carbocycles. The van der Waals surface area contributed by atoms with Gasteiger partial charge in [-0.15, -0.1) is 0 Å². The lowest BCUT2D eigenvalue weighted by Gasteiger charge is -2.20. The molecule has 0 unspecified atom stereocenters. The van der Waals surface area contributed by atoms with E-state index < -0.39 is 0 Å². The van der Waals surface area contributed by atoms with Crippen LogP contribution in [0.5, 0.6) is 0 Å². The van der Waals surface area contributed by atoms with Gasteiger partial charge in [0.1, 0.15) is 0 Å². The third kappa shape index (κ3) is 1.86. The maximum atomic E-state index is 12.3. The van der Waals surface area contributed by atoms with E-state index in [-0.39, 0.29) is 5.78 Å². The lowest BCUT2D eigenvalue weighted by Crippen LogP contribution is -2.15. The Labute approximate surface area is 119 Å². The molecule has 2 aliphatic rings. The second kappa shape index (κ2) is 4.37. The highest BCUT2D eigenvalue weighted by Gasteiger charge is 2.27. The van der Waals surface area contributed by atoms with Crippen molar-refractivity contribution in [3.05, 3.63) is 52.7 Å². The predicted octanol–water partition coefficient (Wildman–Crippen LogP) is 2.56. The summed E-state index contributed by atoms with van der Waals surface area (Å²) in [6, 6.07) is 6.31. The summed E-state index contributed by atoms with van der Waals surface area (Å²) in [4.78, 5) is 16.3. The standard InChI is InChI=1S/C17H18N2O/c1-18(2)12-6-5-11-7-16-15(14(11)8-12)9-13(19(3)4)10-17(16)20/h5-10H,1-4H3. The Morgan fingerprint density at radius 2 is 1.60 bits per heavy atom. The van der Waals surface area contributed by atoms with Gasteiger partial charge in [0.25, 0.3) is 0 Å². The van der Waals surface area contributed by atoms with Gasteiger partial charge in [-0.3, -0.25) is 4.79 Å². The first-order chi connectivity index (χ1) is 9.47. The van der Waals surface area contributed by atoms with Crippen LogP contribution in [-0.4, -0.2) is 38.9 Å². The molecule has 3 nitrogen and oxygen atoms in total. The summed E-state index contributed by atoms with van der Waals surface area (Å²) in [6.07, 6.45) is 5.79. The van der Waals surface area contributed by atoms with Gasteiger partial charge in [-0.05, 0) is 41.0 Å². The maximum absolute atomic E-state index is 12.3. The van der Waals surface area contributed by atoms with E-state index in [4.69, 9.17) is 0 Å². The number of likely N-dealkylation sites (N-methyl/N-ethyl adjacent to an activating group) is 1. The van der Waals surface area contributed by atoms with Crippen molar-refractivity contribution in [3.8, 4) is 0 Å². The lowest BCUT2D eigenvalue weighted by atomic mass is 9.94. The largest absolute Gasteiger partial charge is 0.378 e. The zero-order chi connectivity index (χ0) is 14.4. The van der Waals surface area contributed by atoms with Crippen LogP contribution in [0, 0.1) is 0 Å². The van der Waals surface area contributed by atoms with Crippen LogP contribution < -0.4 is 4.90 Å². The summed E-state index contributed by atoms with van der Waals surface area (Å²) in [5.74, 6) is 0.0915. The number of allylic oxidation sites excluding steroid dienone is 4. The van der Waals surface area contributed by atoms with Crippen molar-refractivity contribution in [1.29, 1.82) is 0 Å². The number of carbonyl (C=O) groups excluding carboxylic acids is 1. The van der Waals surface area contributed by atoms with Crippen LogP contribution in [0.15, 0.2) is 41.6 Å². The molecular formula is C17H18N2O. The lowest BCUT2D eigenvalue weighted by molar-refractivity contribution is -0.111.